The molecular formula is C14H20BrF2N. The Balaban J connectivity index is 3.26. The van der Waals surface area contributed by atoms with Crippen LogP contribution in [0.1, 0.15) is 45.7 Å². The van der Waals surface area contributed by atoms with E-state index in [9.17, 15) is 8.78 Å². The fourth-order valence-electron chi connectivity index (χ4n) is 1.97. The molecule has 102 valence electrons. The van der Waals surface area contributed by atoms with Crippen LogP contribution in [0.3, 0.4) is 0 Å². The molecule has 0 spiro atoms. The van der Waals surface area contributed by atoms with E-state index in [2.05, 4.69) is 42.0 Å². The molecule has 1 nitrogen and oxygen atoms in total. The van der Waals surface area contributed by atoms with Crippen LogP contribution in [-0.2, 0) is 0 Å². The van der Waals surface area contributed by atoms with E-state index in [1.807, 2.05) is 6.92 Å². The molecule has 0 saturated heterocycles. The van der Waals surface area contributed by atoms with Gasteiger partial charge in [-0.3, -0.25) is 0 Å². The molecule has 1 aromatic rings. The van der Waals surface area contributed by atoms with E-state index >= 15 is 0 Å². The van der Waals surface area contributed by atoms with Crippen molar-refractivity contribution in [2.45, 2.75) is 40.2 Å². The predicted molar refractivity (Wildman–Crippen MR) is 74.5 cm³/mol. The standard InChI is InChI=1S/C14H20BrF2N/c1-5-14(3,4)13(18-6-2)9-7-12(17)10(15)8-11(9)16/h7-8,13,18H,5-6H2,1-4H3. The molecule has 1 N–H and O–H groups in total. The maximum absolute atomic E-state index is 14.0. The summed E-state index contributed by atoms with van der Waals surface area (Å²) in [7, 11) is 0. The third kappa shape index (κ3) is 3.29. The SMILES string of the molecule is CCNC(c1cc(F)c(Br)cc1F)C(C)(C)CC. The first-order valence-corrected chi connectivity index (χ1v) is 7.00. The first-order chi connectivity index (χ1) is 8.33. The molecule has 1 rings (SSSR count). The Morgan fingerprint density at radius 3 is 2.33 bits per heavy atom. The van der Waals surface area contributed by atoms with Crippen LogP contribution in [0, 0.1) is 17.0 Å². The third-order valence-electron chi connectivity index (χ3n) is 3.45. The highest BCUT2D eigenvalue weighted by Crippen LogP contribution is 2.38. The minimum absolute atomic E-state index is 0.142. The van der Waals surface area contributed by atoms with Crippen molar-refractivity contribution in [2.75, 3.05) is 6.54 Å². The van der Waals surface area contributed by atoms with Gasteiger partial charge < -0.3 is 5.32 Å². The van der Waals surface area contributed by atoms with E-state index < -0.39 is 5.82 Å². The Labute approximate surface area is 116 Å². The Kier molecular flexibility index (Phi) is 5.29. The second-order valence-corrected chi connectivity index (χ2v) is 5.97. The van der Waals surface area contributed by atoms with Crippen LogP contribution in [0.2, 0.25) is 0 Å². The molecule has 0 radical (unpaired) electrons. The van der Waals surface area contributed by atoms with Crippen LogP contribution >= 0.6 is 15.9 Å². The molecule has 0 aliphatic carbocycles. The highest BCUT2D eigenvalue weighted by Gasteiger charge is 2.31. The van der Waals surface area contributed by atoms with Gasteiger partial charge in [-0.2, -0.15) is 0 Å². The summed E-state index contributed by atoms with van der Waals surface area (Å²) in [5, 5.41) is 3.26. The maximum atomic E-state index is 14.0. The Bertz CT molecular complexity index is 419. The van der Waals surface area contributed by atoms with Gasteiger partial charge in [-0.1, -0.05) is 27.7 Å². The first-order valence-electron chi connectivity index (χ1n) is 6.21. The summed E-state index contributed by atoms with van der Waals surface area (Å²) in [6.45, 7) is 8.84. The zero-order chi connectivity index (χ0) is 13.9. The molecule has 0 heterocycles. The van der Waals surface area contributed by atoms with Crippen molar-refractivity contribution in [3.63, 3.8) is 0 Å². The van der Waals surface area contributed by atoms with Gasteiger partial charge in [0.1, 0.15) is 11.6 Å². The van der Waals surface area contributed by atoms with Crippen LogP contribution in [0.5, 0.6) is 0 Å². The third-order valence-corrected chi connectivity index (χ3v) is 4.06. The minimum atomic E-state index is -0.429. The number of benzene rings is 1. The molecule has 0 aliphatic rings. The molecule has 1 unspecified atom stereocenters. The molecule has 1 aromatic carbocycles. The lowest BCUT2D eigenvalue weighted by Gasteiger charge is -2.34. The lowest BCUT2D eigenvalue weighted by Crippen LogP contribution is -2.34. The molecule has 0 amide bonds. The van der Waals surface area contributed by atoms with Gasteiger partial charge in [-0.15, -0.1) is 0 Å². The highest BCUT2D eigenvalue weighted by atomic mass is 79.9. The number of nitrogens with one attached hydrogen (secondary N) is 1. The smallest absolute Gasteiger partial charge is 0.137 e. The molecule has 0 aromatic heterocycles. The van der Waals surface area contributed by atoms with Gasteiger partial charge in [-0.05, 0) is 46.4 Å². The topological polar surface area (TPSA) is 12.0 Å². The molecule has 0 bridgehead atoms. The number of hydrogen-bond donors (Lipinski definition) is 1. The van der Waals surface area contributed by atoms with Crippen LogP contribution in [0.25, 0.3) is 0 Å². The number of halogens is 3. The van der Waals surface area contributed by atoms with Crippen LogP contribution in [0.4, 0.5) is 8.78 Å². The van der Waals surface area contributed by atoms with E-state index in [1.54, 1.807) is 0 Å². The molecule has 4 heteroatoms. The zero-order valence-electron chi connectivity index (χ0n) is 11.3. The highest BCUT2D eigenvalue weighted by molar-refractivity contribution is 9.10. The van der Waals surface area contributed by atoms with Gasteiger partial charge in [0.15, 0.2) is 0 Å². The van der Waals surface area contributed by atoms with Crippen molar-refractivity contribution in [2.24, 2.45) is 5.41 Å². The van der Waals surface area contributed by atoms with Crippen molar-refractivity contribution >= 4 is 15.9 Å². The molecule has 0 saturated carbocycles. The fraction of sp³-hybridized carbons (Fsp3) is 0.571. The molecular weight excluding hydrogens is 300 g/mol. The summed E-state index contributed by atoms with van der Waals surface area (Å²) in [5.74, 6) is -0.808. The van der Waals surface area contributed by atoms with E-state index in [-0.39, 0.29) is 21.7 Å². The Morgan fingerprint density at radius 1 is 1.22 bits per heavy atom. The fourth-order valence-corrected chi connectivity index (χ4v) is 2.29. The van der Waals surface area contributed by atoms with Gasteiger partial charge >= 0.3 is 0 Å². The van der Waals surface area contributed by atoms with Crippen molar-refractivity contribution in [3.8, 4) is 0 Å². The maximum Gasteiger partial charge on any atom is 0.137 e. The number of hydrogen-bond acceptors (Lipinski definition) is 1. The normalized spacial score (nSPS) is 13.7. The summed E-state index contributed by atoms with van der Waals surface area (Å²) in [6, 6.07) is 2.28. The average molecular weight is 320 g/mol. The first kappa shape index (κ1) is 15.6. The van der Waals surface area contributed by atoms with Crippen molar-refractivity contribution < 1.29 is 8.78 Å². The van der Waals surface area contributed by atoms with E-state index in [0.29, 0.717) is 12.1 Å². The summed E-state index contributed by atoms with van der Waals surface area (Å²) in [5.41, 5.74) is 0.251. The van der Waals surface area contributed by atoms with Crippen LogP contribution in [-0.4, -0.2) is 6.54 Å². The lowest BCUT2D eigenvalue weighted by atomic mass is 9.78. The van der Waals surface area contributed by atoms with Gasteiger partial charge in [0.2, 0.25) is 0 Å². The van der Waals surface area contributed by atoms with E-state index in [0.717, 1.165) is 6.42 Å². The van der Waals surface area contributed by atoms with Gasteiger partial charge in [0.25, 0.3) is 0 Å². The summed E-state index contributed by atoms with van der Waals surface area (Å²) in [6.07, 6.45) is 0.877. The second-order valence-electron chi connectivity index (χ2n) is 5.12. The van der Waals surface area contributed by atoms with Gasteiger partial charge in [0.05, 0.1) is 4.47 Å². The van der Waals surface area contributed by atoms with Gasteiger partial charge in [0, 0.05) is 11.6 Å². The zero-order valence-corrected chi connectivity index (χ0v) is 12.9. The van der Waals surface area contributed by atoms with Crippen molar-refractivity contribution in [1.82, 2.24) is 5.32 Å². The quantitative estimate of drug-likeness (QED) is 0.768. The summed E-state index contributed by atoms with van der Waals surface area (Å²) in [4.78, 5) is 0. The molecule has 0 fully saturated rings. The van der Waals surface area contributed by atoms with E-state index in [4.69, 9.17) is 0 Å². The van der Waals surface area contributed by atoms with Gasteiger partial charge in [-0.25, -0.2) is 8.78 Å². The summed E-state index contributed by atoms with van der Waals surface area (Å²) < 4.78 is 27.8. The molecule has 1 atom stereocenters. The minimum Gasteiger partial charge on any atom is -0.310 e. The van der Waals surface area contributed by atoms with E-state index in [1.165, 1.54) is 12.1 Å². The second kappa shape index (κ2) is 6.11. The largest absolute Gasteiger partial charge is 0.310 e. The number of rotatable bonds is 5. The van der Waals surface area contributed by atoms with Crippen molar-refractivity contribution in [1.29, 1.82) is 0 Å². The van der Waals surface area contributed by atoms with Crippen molar-refractivity contribution in [3.05, 3.63) is 33.8 Å². The van der Waals surface area contributed by atoms with Crippen LogP contribution < -0.4 is 5.32 Å². The molecule has 0 aliphatic heterocycles. The summed E-state index contributed by atoms with van der Waals surface area (Å²) >= 11 is 3.00. The Morgan fingerprint density at radius 2 is 1.83 bits per heavy atom. The average Bonchev–Trinajstić information content (AvgIpc) is 2.31. The lowest BCUT2D eigenvalue weighted by molar-refractivity contribution is 0.231. The monoisotopic (exact) mass is 319 g/mol. The molecule has 18 heavy (non-hydrogen) atoms. The Hall–Kier alpha value is -0.480. The van der Waals surface area contributed by atoms with Crippen LogP contribution in [0.15, 0.2) is 16.6 Å². The predicted octanol–water partition coefficient (Wildman–Crippen LogP) is 4.81.